The molecule has 2 N–H and O–H groups in total. The number of ether oxygens (including phenoxy) is 1. The summed E-state index contributed by atoms with van der Waals surface area (Å²) < 4.78 is 5.41. The van der Waals surface area contributed by atoms with Crippen LogP contribution < -0.4 is 5.73 Å². The van der Waals surface area contributed by atoms with Crippen molar-refractivity contribution in [2.24, 2.45) is 5.73 Å². The summed E-state index contributed by atoms with van der Waals surface area (Å²) in [5.74, 6) is 0. The van der Waals surface area contributed by atoms with E-state index in [9.17, 15) is 0 Å². The highest BCUT2D eigenvalue weighted by molar-refractivity contribution is 4.48. The van der Waals surface area contributed by atoms with Crippen LogP contribution in [0.15, 0.2) is 0 Å². The highest BCUT2D eigenvalue weighted by atomic mass is 16.5. The van der Waals surface area contributed by atoms with Gasteiger partial charge in [-0.3, -0.25) is 0 Å². The first kappa shape index (κ1) is 10.9. The standard InChI is InChI=1S/C9H21NO/c1-3-4-5-6-7-11-9(2)8-10/h9H,3-8,10H2,1-2H3. The van der Waals surface area contributed by atoms with Gasteiger partial charge in [-0.15, -0.1) is 0 Å². The molecule has 0 rings (SSSR count). The van der Waals surface area contributed by atoms with Gasteiger partial charge in [0.15, 0.2) is 0 Å². The number of nitrogens with two attached hydrogens (primary N) is 1. The first-order valence-corrected chi connectivity index (χ1v) is 4.63. The molecular weight excluding hydrogens is 138 g/mol. The van der Waals surface area contributed by atoms with Crippen LogP contribution in [0.3, 0.4) is 0 Å². The fraction of sp³-hybridized carbons (Fsp3) is 1.00. The normalized spacial score (nSPS) is 13.4. The van der Waals surface area contributed by atoms with E-state index in [2.05, 4.69) is 6.92 Å². The Hall–Kier alpha value is -0.0800. The zero-order valence-corrected chi connectivity index (χ0v) is 7.81. The molecule has 0 fully saturated rings. The van der Waals surface area contributed by atoms with Crippen LogP contribution in [-0.4, -0.2) is 19.3 Å². The van der Waals surface area contributed by atoms with Gasteiger partial charge in [0.05, 0.1) is 6.10 Å². The molecule has 0 bridgehead atoms. The average Bonchev–Trinajstić information content (AvgIpc) is 2.04. The van der Waals surface area contributed by atoms with Gasteiger partial charge in [-0.05, 0) is 13.3 Å². The Bertz CT molecular complexity index is 76.0. The maximum absolute atomic E-state index is 5.41. The van der Waals surface area contributed by atoms with Crippen molar-refractivity contribution in [3.05, 3.63) is 0 Å². The molecule has 0 aliphatic heterocycles. The predicted molar refractivity (Wildman–Crippen MR) is 48.6 cm³/mol. The van der Waals surface area contributed by atoms with Gasteiger partial charge in [0, 0.05) is 13.2 Å². The van der Waals surface area contributed by atoms with E-state index in [0.717, 1.165) is 6.61 Å². The van der Waals surface area contributed by atoms with Crippen molar-refractivity contribution in [1.29, 1.82) is 0 Å². The molecule has 11 heavy (non-hydrogen) atoms. The first-order chi connectivity index (χ1) is 5.31. The highest BCUT2D eigenvalue weighted by Crippen LogP contribution is 1.99. The molecular formula is C9H21NO. The van der Waals surface area contributed by atoms with Crippen LogP contribution in [0.1, 0.15) is 39.5 Å². The summed E-state index contributed by atoms with van der Waals surface area (Å²) in [7, 11) is 0. The third kappa shape index (κ3) is 7.82. The average molecular weight is 159 g/mol. The van der Waals surface area contributed by atoms with E-state index >= 15 is 0 Å². The van der Waals surface area contributed by atoms with Crippen LogP contribution in [-0.2, 0) is 4.74 Å². The zero-order valence-electron chi connectivity index (χ0n) is 7.81. The molecule has 0 spiro atoms. The van der Waals surface area contributed by atoms with Gasteiger partial charge < -0.3 is 10.5 Å². The maximum atomic E-state index is 5.41. The topological polar surface area (TPSA) is 35.2 Å². The van der Waals surface area contributed by atoms with Crippen molar-refractivity contribution in [3.8, 4) is 0 Å². The summed E-state index contributed by atoms with van der Waals surface area (Å²) in [6.45, 7) is 5.73. The molecule has 0 aliphatic carbocycles. The molecule has 2 nitrogen and oxygen atoms in total. The van der Waals surface area contributed by atoms with Gasteiger partial charge in [0.2, 0.25) is 0 Å². The lowest BCUT2D eigenvalue weighted by atomic mass is 10.2. The molecule has 0 amide bonds. The fourth-order valence-electron chi connectivity index (χ4n) is 0.881. The molecule has 0 aliphatic rings. The van der Waals surface area contributed by atoms with E-state index < -0.39 is 0 Å². The summed E-state index contributed by atoms with van der Waals surface area (Å²) >= 11 is 0. The minimum atomic E-state index is 0.233. The maximum Gasteiger partial charge on any atom is 0.0669 e. The lowest BCUT2D eigenvalue weighted by Gasteiger charge is -2.09. The Kier molecular flexibility index (Phi) is 7.96. The van der Waals surface area contributed by atoms with Gasteiger partial charge in [-0.1, -0.05) is 26.2 Å². The third-order valence-corrected chi connectivity index (χ3v) is 1.73. The third-order valence-electron chi connectivity index (χ3n) is 1.73. The minimum Gasteiger partial charge on any atom is -0.377 e. The van der Waals surface area contributed by atoms with Crippen molar-refractivity contribution < 1.29 is 4.74 Å². The summed E-state index contributed by atoms with van der Waals surface area (Å²) in [6, 6.07) is 0. The Morgan fingerprint density at radius 3 is 2.55 bits per heavy atom. The summed E-state index contributed by atoms with van der Waals surface area (Å²) in [6.07, 6.45) is 5.30. The van der Waals surface area contributed by atoms with Gasteiger partial charge in [-0.25, -0.2) is 0 Å². The summed E-state index contributed by atoms with van der Waals surface area (Å²) in [5.41, 5.74) is 5.39. The molecule has 1 unspecified atom stereocenters. The van der Waals surface area contributed by atoms with E-state index in [1.165, 1.54) is 25.7 Å². The number of rotatable bonds is 7. The largest absolute Gasteiger partial charge is 0.377 e. The van der Waals surface area contributed by atoms with Crippen molar-refractivity contribution in [3.63, 3.8) is 0 Å². The summed E-state index contributed by atoms with van der Waals surface area (Å²) in [4.78, 5) is 0. The van der Waals surface area contributed by atoms with Crippen LogP contribution >= 0.6 is 0 Å². The van der Waals surface area contributed by atoms with E-state index in [1.807, 2.05) is 6.92 Å². The molecule has 68 valence electrons. The van der Waals surface area contributed by atoms with Crippen molar-refractivity contribution >= 4 is 0 Å². The van der Waals surface area contributed by atoms with E-state index in [0.29, 0.717) is 6.54 Å². The second kappa shape index (κ2) is 8.02. The molecule has 0 saturated heterocycles. The van der Waals surface area contributed by atoms with Crippen LogP contribution in [0.4, 0.5) is 0 Å². The number of hydrogen-bond acceptors (Lipinski definition) is 2. The molecule has 2 heteroatoms. The van der Waals surface area contributed by atoms with Gasteiger partial charge >= 0.3 is 0 Å². The lowest BCUT2D eigenvalue weighted by molar-refractivity contribution is 0.0689. The second-order valence-corrected chi connectivity index (χ2v) is 2.98. The number of hydrogen-bond donors (Lipinski definition) is 1. The molecule has 0 aromatic rings. The van der Waals surface area contributed by atoms with E-state index in [4.69, 9.17) is 10.5 Å². The predicted octanol–water partition coefficient (Wildman–Crippen LogP) is 1.93. The SMILES string of the molecule is CCCCCCOC(C)CN. The minimum absolute atomic E-state index is 0.233. The highest BCUT2D eigenvalue weighted by Gasteiger charge is 1.96. The smallest absolute Gasteiger partial charge is 0.0669 e. The Morgan fingerprint density at radius 2 is 2.00 bits per heavy atom. The Labute approximate surface area is 70.1 Å². The van der Waals surface area contributed by atoms with Gasteiger partial charge in [-0.2, -0.15) is 0 Å². The fourth-order valence-corrected chi connectivity index (χ4v) is 0.881. The van der Waals surface area contributed by atoms with Crippen molar-refractivity contribution in [1.82, 2.24) is 0 Å². The molecule has 0 aromatic heterocycles. The zero-order chi connectivity index (χ0) is 8.53. The molecule has 0 heterocycles. The Morgan fingerprint density at radius 1 is 1.27 bits per heavy atom. The van der Waals surface area contributed by atoms with Crippen LogP contribution in [0, 0.1) is 0 Å². The molecule has 0 aromatic carbocycles. The van der Waals surface area contributed by atoms with Crippen molar-refractivity contribution in [2.45, 2.75) is 45.6 Å². The number of unbranched alkanes of at least 4 members (excludes halogenated alkanes) is 3. The first-order valence-electron chi connectivity index (χ1n) is 4.63. The Balaban J connectivity index is 2.89. The molecule has 0 saturated carbocycles. The molecule has 1 atom stereocenters. The van der Waals surface area contributed by atoms with Gasteiger partial charge in [0.1, 0.15) is 0 Å². The van der Waals surface area contributed by atoms with Crippen molar-refractivity contribution in [2.75, 3.05) is 13.2 Å². The second-order valence-electron chi connectivity index (χ2n) is 2.98. The quantitative estimate of drug-likeness (QED) is 0.576. The lowest BCUT2D eigenvalue weighted by Crippen LogP contribution is -2.20. The summed E-state index contributed by atoms with van der Waals surface area (Å²) in [5, 5.41) is 0. The van der Waals surface area contributed by atoms with Crippen LogP contribution in [0.25, 0.3) is 0 Å². The van der Waals surface area contributed by atoms with Crippen LogP contribution in [0.2, 0.25) is 0 Å². The van der Waals surface area contributed by atoms with E-state index in [1.54, 1.807) is 0 Å². The van der Waals surface area contributed by atoms with Crippen LogP contribution in [0.5, 0.6) is 0 Å². The monoisotopic (exact) mass is 159 g/mol. The van der Waals surface area contributed by atoms with E-state index in [-0.39, 0.29) is 6.10 Å². The van der Waals surface area contributed by atoms with Gasteiger partial charge in [0.25, 0.3) is 0 Å². The molecule has 0 radical (unpaired) electrons.